The minimum atomic E-state index is -0.180. The molecule has 3 aromatic carbocycles. The standard InChI is InChI=1S/C28H23N5OS/c29-17-21-11-13-24(14-12-21)30-27(34)32(18-22-7-3-1-4-8-22)16-15-25-20-35-28-31-26(19-33(25)28)23-9-5-2-6-10-23/h1-14,19-20H,15-16,18H2,(H,30,34). The molecule has 2 aromatic heterocycles. The van der Waals surface area contributed by atoms with Crippen molar-refractivity contribution in [1.82, 2.24) is 14.3 Å². The number of imidazole rings is 1. The molecule has 0 spiro atoms. The van der Waals surface area contributed by atoms with Crippen LogP contribution >= 0.6 is 11.3 Å². The van der Waals surface area contributed by atoms with E-state index in [1.807, 2.05) is 53.4 Å². The zero-order valence-electron chi connectivity index (χ0n) is 19.0. The zero-order chi connectivity index (χ0) is 24.0. The van der Waals surface area contributed by atoms with Gasteiger partial charge in [0.15, 0.2) is 4.96 Å². The van der Waals surface area contributed by atoms with Gasteiger partial charge in [-0.05, 0) is 29.8 Å². The highest BCUT2D eigenvalue weighted by Gasteiger charge is 2.17. The molecule has 2 heterocycles. The van der Waals surface area contributed by atoms with Crippen molar-refractivity contribution in [2.75, 3.05) is 11.9 Å². The van der Waals surface area contributed by atoms with Crippen LogP contribution in [0.15, 0.2) is 96.5 Å². The summed E-state index contributed by atoms with van der Waals surface area (Å²) in [5.41, 5.74) is 5.42. The van der Waals surface area contributed by atoms with E-state index in [9.17, 15) is 4.79 Å². The van der Waals surface area contributed by atoms with Gasteiger partial charge in [-0.1, -0.05) is 60.7 Å². The van der Waals surface area contributed by atoms with Gasteiger partial charge in [0.25, 0.3) is 0 Å². The molecular formula is C28H23N5OS. The molecule has 0 fully saturated rings. The summed E-state index contributed by atoms with van der Waals surface area (Å²) in [6, 6.07) is 28.9. The molecular weight excluding hydrogens is 454 g/mol. The largest absolute Gasteiger partial charge is 0.322 e. The molecule has 172 valence electrons. The number of carbonyl (C=O) groups excluding carboxylic acids is 1. The molecule has 0 aliphatic heterocycles. The Balaban J connectivity index is 1.34. The number of nitriles is 1. The molecule has 0 unspecified atom stereocenters. The first-order valence-electron chi connectivity index (χ1n) is 11.3. The monoisotopic (exact) mass is 477 g/mol. The number of amides is 2. The number of hydrogen-bond donors (Lipinski definition) is 1. The van der Waals surface area contributed by atoms with E-state index >= 15 is 0 Å². The summed E-state index contributed by atoms with van der Waals surface area (Å²) in [7, 11) is 0. The van der Waals surface area contributed by atoms with Gasteiger partial charge in [-0.15, -0.1) is 11.3 Å². The maximum Gasteiger partial charge on any atom is 0.322 e. The maximum absolute atomic E-state index is 13.2. The molecule has 0 saturated carbocycles. The number of carbonyl (C=O) groups is 1. The smallest absolute Gasteiger partial charge is 0.320 e. The number of nitrogens with one attached hydrogen (secondary N) is 1. The summed E-state index contributed by atoms with van der Waals surface area (Å²) in [4.78, 5) is 20.7. The molecule has 0 saturated heterocycles. The van der Waals surface area contributed by atoms with Crippen LogP contribution in [0.2, 0.25) is 0 Å². The van der Waals surface area contributed by atoms with Crippen molar-refractivity contribution < 1.29 is 4.79 Å². The van der Waals surface area contributed by atoms with Gasteiger partial charge in [-0.3, -0.25) is 4.40 Å². The normalized spacial score (nSPS) is 10.7. The first kappa shape index (κ1) is 22.4. The molecule has 7 heteroatoms. The fraction of sp³-hybridized carbons (Fsp3) is 0.107. The van der Waals surface area contributed by atoms with Gasteiger partial charge in [-0.2, -0.15) is 5.26 Å². The highest BCUT2D eigenvalue weighted by Crippen LogP contribution is 2.24. The summed E-state index contributed by atoms with van der Waals surface area (Å²) in [6.45, 7) is 1.04. The minimum absolute atomic E-state index is 0.180. The lowest BCUT2D eigenvalue weighted by Gasteiger charge is -2.23. The predicted octanol–water partition coefficient (Wildman–Crippen LogP) is 6.21. The van der Waals surface area contributed by atoms with Crippen molar-refractivity contribution in [3.8, 4) is 17.3 Å². The van der Waals surface area contributed by atoms with Gasteiger partial charge in [0.05, 0.1) is 17.3 Å². The maximum atomic E-state index is 13.2. The van der Waals surface area contributed by atoms with Crippen LogP contribution in [0.1, 0.15) is 16.8 Å². The number of hydrogen-bond acceptors (Lipinski definition) is 4. The molecule has 5 rings (SSSR count). The number of fused-ring (bicyclic) bond motifs is 1. The van der Waals surface area contributed by atoms with Crippen LogP contribution < -0.4 is 5.32 Å². The first-order valence-corrected chi connectivity index (χ1v) is 12.2. The van der Waals surface area contributed by atoms with Crippen LogP contribution in [0.5, 0.6) is 0 Å². The number of aromatic nitrogens is 2. The quantitative estimate of drug-likeness (QED) is 0.303. The van der Waals surface area contributed by atoms with Crippen molar-refractivity contribution in [3.05, 3.63) is 113 Å². The van der Waals surface area contributed by atoms with Crippen LogP contribution in [0.4, 0.5) is 10.5 Å². The Kier molecular flexibility index (Phi) is 6.55. The Morgan fingerprint density at radius 3 is 2.43 bits per heavy atom. The lowest BCUT2D eigenvalue weighted by atomic mass is 10.2. The number of benzene rings is 3. The SMILES string of the molecule is N#Cc1ccc(NC(=O)N(CCc2csc3nc(-c4ccccc4)cn23)Cc2ccccc2)cc1. The third kappa shape index (κ3) is 5.24. The molecule has 0 atom stereocenters. The number of thiazole rings is 1. The topological polar surface area (TPSA) is 73.4 Å². The van der Waals surface area contributed by atoms with E-state index in [0.29, 0.717) is 30.8 Å². The Labute approximate surface area is 207 Å². The second kappa shape index (κ2) is 10.2. The van der Waals surface area contributed by atoms with Crippen LogP contribution in [-0.2, 0) is 13.0 Å². The number of urea groups is 1. The average molecular weight is 478 g/mol. The van der Waals surface area contributed by atoms with Crippen molar-refractivity contribution >= 4 is 28.0 Å². The lowest BCUT2D eigenvalue weighted by molar-refractivity contribution is 0.209. The predicted molar refractivity (Wildman–Crippen MR) is 139 cm³/mol. The van der Waals surface area contributed by atoms with E-state index in [2.05, 4.69) is 39.5 Å². The summed E-state index contributed by atoms with van der Waals surface area (Å²) in [5, 5.41) is 14.1. The summed E-state index contributed by atoms with van der Waals surface area (Å²) < 4.78 is 2.12. The molecule has 0 aliphatic carbocycles. The van der Waals surface area contributed by atoms with E-state index in [1.54, 1.807) is 35.6 Å². The molecule has 1 N–H and O–H groups in total. The first-order chi connectivity index (χ1) is 17.2. The number of nitrogens with zero attached hydrogens (tertiary/aromatic N) is 4. The van der Waals surface area contributed by atoms with Gasteiger partial charge >= 0.3 is 6.03 Å². The fourth-order valence-electron chi connectivity index (χ4n) is 3.89. The van der Waals surface area contributed by atoms with E-state index in [4.69, 9.17) is 10.2 Å². The third-order valence-corrected chi connectivity index (χ3v) is 6.65. The minimum Gasteiger partial charge on any atom is -0.320 e. The van der Waals surface area contributed by atoms with Crippen LogP contribution in [0, 0.1) is 11.3 Å². The molecule has 0 radical (unpaired) electrons. The lowest BCUT2D eigenvalue weighted by Crippen LogP contribution is -2.36. The van der Waals surface area contributed by atoms with Crippen LogP contribution in [0.3, 0.4) is 0 Å². The van der Waals surface area contributed by atoms with E-state index in [-0.39, 0.29) is 6.03 Å². The summed E-state index contributed by atoms with van der Waals surface area (Å²) in [5.74, 6) is 0. The number of anilines is 1. The van der Waals surface area contributed by atoms with Crippen LogP contribution in [0.25, 0.3) is 16.2 Å². The van der Waals surface area contributed by atoms with E-state index < -0.39 is 0 Å². The van der Waals surface area contributed by atoms with Crippen LogP contribution in [-0.4, -0.2) is 26.9 Å². The zero-order valence-corrected chi connectivity index (χ0v) is 19.8. The van der Waals surface area contributed by atoms with Gasteiger partial charge in [-0.25, -0.2) is 9.78 Å². The van der Waals surface area contributed by atoms with Crippen molar-refractivity contribution in [2.45, 2.75) is 13.0 Å². The van der Waals surface area contributed by atoms with E-state index in [1.165, 1.54) is 0 Å². The third-order valence-electron chi connectivity index (χ3n) is 5.76. The highest BCUT2D eigenvalue weighted by atomic mass is 32.1. The van der Waals surface area contributed by atoms with Crippen molar-refractivity contribution in [2.24, 2.45) is 0 Å². The molecule has 2 amide bonds. The average Bonchev–Trinajstić information content (AvgIpc) is 3.49. The van der Waals surface area contributed by atoms with E-state index in [0.717, 1.165) is 27.5 Å². The highest BCUT2D eigenvalue weighted by molar-refractivity contribution is 7.15. The summed E-state index contributed by atoms with van der Waals surface area (Å²) in [6.07, 6.45) is 2.76. The van der Waals surface area contributed by atoms with Crippen molar-refractivity contribution in [1.29, 1.82) is 5.26 Å². The van der Waals surface area contributed by atoms with Gasteiger partial charge in [0.1, 0.15) is 0 Å². The molecule has 0 bridgehead atoms. The number of rotatable bonds is 7. The molecule has 5 aromatic rings. The Morgan fingerprint density at radius 2 is 1.71 bits per heavy atom. The Morgan fingerprint density at radius 1 is 1.00 bits per heavy atom. The Bertz CT molecular complexity index is 1470. The Hall–Kier alpha value is -4.41. The van der Waals surface area contributed by atoms with Gasteiger partial charge < -0.3 is 10.2 Å². The van der Waals surface area contributed by atoms with Gasteiger partial charge in [0, 0.05) is 48.0 Å². The second-order valence-electron chi connectivity index (χ2n) is 8.15. The summed E-state index contributed by atoms with van der Waals surface area (Å²) >= 11 is 1.61. The fourth-order valence-corrected chi connectivity index (χ4v) is 4.80. The molecule has 6 nitrogen and oxygen atoms in total. The molecule has 0 aliphatic rings. The second-order valence-corrected chi connectivity index (χ2v) is 8.98. The van der Waals surface area contributed by atoms with Crippen molar-refractivity contribution in [3.63, 3.8) is 0 Å². The van der Waals surface area contributed by atoms with Gasteiger partial charge in [0.2, 0.25) is 0 Å². The molecule has 35 heavy (non-hydrogen) atoms.